The Morgan fingerprint density at radius 1 is 1.04 bits per heavy atom. The number of nitrogens with zero attached hydrogens (tertiary/aromatic N) is 5. The fraction of sp³-hybridized carbons (Fsp3) is 0.529. The van der Waals surface area contributed by atoms with Crippen molar-refractivity contribution < 1.29 is 17.6 Å². The number of halogens is 4. The van der Waals surface area contributed by atoms with Crippen LogP contribution in [0.3, 0.4) is 0 Å². The highest BCUT2D eigenvalue weighted by Crippen LogP contribution is 2.36. The summed E-state index contributed by atoms with van der Waals surface area (Å²) in [6.07, 6.45) is -4.52. The minimum Gasteiger partial charge on any atom is -0.356 e. The van der Waals surface area contributed by atoms with Crippen molar-refractivity contribution in [2.45, 2.75) is 20.0 Å². The molecule has 2 saturated heterocycles. The van der Waals surface area contributed by atoms with Crippen molar-refractivity contribution in [2.75, 3.05) is 36.0 Å². The van der Waals surface area contributed by atoms with E-state index in [1.165, 1.54) is 13.8 Å². The molecule has 1 N–H and O–H groups in total. The van der Waals surface area contributed by atoms with Gasteiger partial charge in [0.25, 0.3) is 5.56 Å². The molecular weight excluding hydrogens is 380 g/mol. The van der Waals surface area contributed by atoms with E-state index in [1.54, 1.807) is 0 Å². The second-order valence-corrected chi connectivity index (χ2v) is 7.28. The van der Waals surface area contributed by atoms with Crippen LogP contribution in [0, 0.1) is 31.5 Å². The highest BCUT2D eigenvalue weighted by atomic mass is 19.4. The summed E-state index contributed by atoms with van der Waals surface area (Å²) < 4.78 is 52.6. The smallest absolute Gasteiger partial charge is 0.356 e. The van der Waals surface area contributed by atoms with Gasteiger partial charge in [-0.1, -0.05) is 0 Å². The lowest BCUT2D eigenvalue weighted by Gasteiger charge is -2.23. The number of aryl methyl sites for hydroxylation is 2. The number of aromatic nitrogens is 4. The molecule has 2 aromatic heterocycles. The molecule has 2 aliphatic heterocycles. The Morgan fingerprint density at radius 2 is 1.64 bits per heavy atom. The standard InChI is InChI=1S/C17H18F4N6O/c1-8-14(18)15(28)25-16(22-8)27-6-10-4-26(5-11(10)7-27)13-3-12(17(19,20)21)23-9(2)24-13/h3,10-11H,4-7H2,1-2H3,(H,22,25,28). The Hall–Kier alpha value is -2.72. The number of nitrogens with one attached hydrogen (secondary N) is 1. The molecule has 150 valence electrons. The van der Waals surface area contributed by atoms with Crippen LogP contribution in [0.1, 0.15) is 17.2 Å². The first kappa shape index (κ1) is 18.6. The van der Waals surface area contributed by atoms with Gasteiger partial charge in [-0.25, -0.2) is 15.0 Å². The molecule has 28 heavy (non-hydrogen) atoms. The first-order valence-corrected chi connectivity index (χ1v) is 8.81. The number of anilines is 2. The molecule has 2 aromatic rings. The van der Waals surface area contributed by atoms with Crippen LogP contribution in [-0.2, 0) is 6.18 Å². The normalized spacial score (nSPS) is 22.1. The maximum absolute atomic E-state index is 13.5. The Bertz CT molecular complexity index is 961. The molecule has 2 unspecified atom stereocenters. The maximum Gasteiger partial charge on any atom is 0.433 e. The van der Waals surface area contributed by atoms with Gasteiger partial charge in [-0.3, -0.25) is 9.78 Å². The van der Waals surface area contributed by atoms with E-state index in [1.807, 2.05) is 9.80 Å². The molecule has 0 radical (unpaired) electrons. The number of aromatic amines is 1. The van der Waals surface area contributed by atoms with Crippen molar-refractivity contribution in [3.8, 4) is 0 Å². The fourth-order valence-electron chi connectivity index (χ4n) is 3.92. The molecule has 11 heteroatoms. The summed E-state index contributed by atoms with van der Waals surface area (Å²) in [4.78, 5) is 29.6. The SMILES string of the molecule is Cc1nc(N2CC3CN(c4nc(C)c(F)c(=O)[nH]4)CC3C2)cc(C(F)(F)F)n1. The Morgan fingerprint density at radius 3 is 2.21 bits per heavy atom. The van der Waals surface area contributed by atoms with Crippen LogP contribution in [0.4, 0.5) is 29.3 Å². The summed E-state index contributed by atoms with van der Waals surface area (Å²) in [5, 5.41) is 0. The molecule has 4 rings (SSSR count). The predicted molar refractivity (Wildman–Crippen MR) is 92.7 cm³/mol. The van der Waals surface area contributed by atoms with Gasteiger partial charge in [0.1, 0.15) is 17.3 Å². The monoisotopic (exact) mass is 398 g/mol. The number of fused-ring (bicyclic) bond motifs is 1. The molecular formula is C17H18F4N6O. The van der Waals surface area contributed by atoms with E-state index < -0.39 is 23.2 Å². The van der Waals surface area contributed by atoms with Crippen molar-refractivity contribution in [3.05, 3.63) is 39.4 Å². The summed E-state index contributed by atoms with van der Waals surface area (Å²) in [6, 6.07) is 0.980. The zero-order chi connectivity index (χ0) is 20.2. The number of rotatable bonds is 2. The predicted octanol–water partition coefficient (Wildman–Crippen LogP) is 1.91. The van der Waals surface area contributed by atoms with Crippen molar-refractivity contribution >= 4 is 11.8 Å². The van der Waals surface area contributed by atoms with Crippen LogP contribution in [-0.4, -0.2) is 46.1 Å². The van der Waals surface area contributed by atoms with E-state index in [-0.39, 0.29) is 29.2 Å². The van der Waals surface area contributed by atoms with Crippen LogP contribution in [0.15, 0.2) is 10.9 Å². The van der Waals surface area contributed by atoms with Gasteiger partial charge < -0.3 is 9.80 Å². The molecule has 4 heterocycles. The largest absolute Gasteiger partial charge is 0.433 e. The zero-order valence-electron chi connectivity index (χ0n) is 15.2. The lowest BCUT2D eigenvalue weighted by molar-refractivity contribution is -0.141. The van der Waals surface area contributed by atoms with Gasteiger partial charge in [-0.05, 0) is 13.8 Å². The maximum atomic E-state index is 13.5. The molecule has 0 saturated carbocycles. The Balaban J connectivity index is 1.51. The first-order valence-electron chi connectivity index (χ1n) is 8.81. The number of hydrogen-bond donors (Lipinski definition) is 1. The second kappa shape index (κ2) is 6.42. The minimum absolute atomic E-state index is 0.0357. The lowest BCUT2D eigenvalue weighted by Crippen LogP contribution is -2.32. The van der Waals surface area contributed by atoms with Crippen molar-refractivity contribution in [1.82, 2.24) is 19.9 Å². The van der Waals surface area contributed by atoms with Gasteiger partial charge in [-0.2, -0.15) is 17.6 Å². The van der Waals surface area contributed by atoms with Crippen LogP contribution >= 0.6 is 0 Å². The molecule has 7 nitrogen and oxygen atoms in total. The highest BCUT2D eigenvalue weighted by molar-refractivity contribution is 5.44. The van der Waals surface area contributed by atoms with Gasteiger partial charge in [0.2, 0.25) is 11.8 Å². The molecule has 0 aliphatic carbocycles. The summed E-state index contributed by atoms with van der Waals surface area (Å²) in [6.45, 7) is 5.11. The minimum atomic E-state index is -4.52. The van der Waals surface area contributed by atoms with Crippen molar-refractivity contribution in [3.63, 3.8) is 0 Å². The first-order chi connectivity index (χ1) is 13.1. The van der Waals surface area contributed by atoms with E-state index in [2.05, 4.69) is 19.9 Å². The van der Waals surface area contributed by atoms with Gasteiger partial charge >= 0.3 is 6.18 Å². The van der Waals surface area contributed by atoms with E-state index in [9.17, 15) is 22.4 Å². The highest BCUT2D eigenvalue weighted by Gasteiger charge is 2.42. The zero-order valence-corrected chi connectivity index (χ0v) is 15.2. The average Bonchev–Trinajstić information content (AvgIpc) is 3.17. The Labute approximate surface area is 157 Å². The summed E-state index contributed by atoms with van der Waals surface area (Å²) >= 11 is 0. The fourth-order valence-corrected chi connectivity index (χ4v) is 3.92. The molecule has 2 fully saturated rings. The second-order valence-electron chi connectivity index (χ2n) is 7.28. The third-order valence-corrected chi connectivity index (χ3v) is 5.24. The molecule has 0 amide bonds. The topological polar surface area (TPSA) is 78.0 Å². The van der Waals surface area contributed by atoms with Crippen LogP contribution in [0.25, 0.3) is 0 Å². The van der Waals surface area contributed by atoms with Crippen LogP contribution in [0.5, 0.6) is 0 Å². The number of hydrogen-bond acceptors (Lipinski definition) is 6. The summed E-state index contributed by atoms with van der Waals surface area (Å²) in [5.74, 6) is 0.133. The van der Waals surface area contributed by atoms with Gasteiger partial charge in [0.15, 0.2) is 0 Å². The van der Waals surface area contributed by atoms with E-state index >= 15 is 0 Å². The van der Waals surface area contributed by atoms with Gasteiger partial charge in [0.05, 0.1) is 5.69 Å². The Kier molecular flexibility index (Phi) is 4.27. The summed E-state index contributed by atoms with van der Waals surface area (Å²) in [7, 11) is 0. The molecule has 0 spiro atoms. The van der Waals surface area contributed by atoms with Crippen LogP contribution in [0.2, 0.25) is 0 Å². The third kappa shape index (κ3) is 3.29. The quantitative estimate of drug-likeness (QED) is 0.779. The van der Waals surface area contributed by atoms with Crippen molar-refractivity contribution in [2.24, 2.45) is 11.8 Å². The number of H-pyrrole nitrogens is 1. The third-order valence-electron chi connectivity index (χ3n) is 5.24. The van der Waals surface area contributed by atoms with E-state index in [0.717, 1.165) is 6.07 Å². The lowest BCUT2D eigenvalue weighted by atomic mass is 10.0. The van der Waals surface area contributed by atoms with Crippen LogP contribution < -0.4 is 15.4 Å². The summed E-state index contributed by atoms with van der Waals surface area (Å²) in [5.41, 5.74) is -1.72. The molecule has 0 aromatic carbocycles. The number of alkyl halides is 3. The molecule has 0 bridgehead atoms. The van der Waals surface area contributed by atoms with E-state index in [0.29, 0.717) is 32.1 Å². The van der Waals surface area contributed by atoms with Crippen molar-refractivity contribution in [1.29, 1.82) is 0 Å². The average molecular weight is 398 g/mol. The molecule has 2 atom stereocenters. The van der Waals surface area contributed by atoms with E-state index in [4.69, 9.17) is 0 Å². The molecule has 2 aliphatic rings. The van der Waals surface area contributed by atoms with Gasteiger partial charge in [0, 0.05) is 44.1 Å². The van der Waals surface area contributed by atoms with Gasteiger partial charge in [-0.15, -0.1) is 0 Å².